The lowest BCUT2D eigenvalue weighted by Gasteiger charge is -2.42. The highest BCUT2D eigenvalue weighted by Crippen LogP contribution is 2.25. The van der Waals surface area contributed by atoms with Gasteiger partial charge in [-0.05, 0) is 26.8 Å². The number of benzene rings is 1. The maximum absolute atomic E-state index is 9.37. The highest BCUT2D eigenvalue weighted by Gasteiger charge is 2.33. The van der Waals surface area contributed by atoms with Crippen LogP contribution >= 0.6 is 0 Å². The van der Waals surface area contributed by atoms with Crippen molar-refractivity contribution in [1.29, 1.82) is 0 Å². The Morgan fingerprint density at radius 3 is 2.85 bits per heavy atom. The van der Waals surface area contributed by atoms with Gasteiger partial charge in [-0.15, -0.1) is 0 Å². The third-order valence-electron chi connectivity index (χ3n) is 3.42. The summed E-state index contributed by atoms with van der Waals surface area (Å²) in [5.41, 5.74) is 0.954. The van der Waals surface area contributed by atoms with E-state index >= 15 is 0 Å². The average molecular weight is 279 g/mol. The molecule has 1 unspecified atom stereocenters. The van der Waals surface area contributed by atoms with E-state index < -0.39 is 0 Å². The van der Waals surface area contributed by atoms with Crippen molar-refractivity contribution in [2.75, 3.05) is 26.3 Å². The van der Waals surface area contributed by atoms with Crippen LogP contribution < -0.4 is 4.74 Å². The van der Waals surface area contributed by atoms with Crippen LogP contribution in [0.2, 0.25) is 0 Å². The Balaban J connectivity index is 2.09. The predicted molar refractivity (Wildman–Crippen MR) is 78.9 cm³/mol. The molecule has 1 fully saturated rings. The number of hydrogen-bond donors (Lipinski definition) is 1. The summed E-state index contributed by atoms with van der Waals surface area (Å²) in [5.74, 6) is 0.944. The maximum atomic E-state index is 9.37. The molecule has 0 amide bonds. The van der Waals surface area contributed by atoms with Crippen LogP contribution in [-0.2, 0) is 11.3 Å². The van der Waals surface area contributed by atoms with E-state index in [0.29, 0.717) is 6.61 Å². The highest BCUT2D eigenvalue weighted by molar-refractivity contribution is 5.33. The minimum Gasteiger partial charge on any atom is -0.494 e. The Morgan fingerprint density at radius 2 is 2.15 bits per heavy atom. The predicted octanol–water partition coefficient (Wildman–Crippen LogP) is 2.06. The fraction of sp³-hybridized carbons (Fsp3) is 0.625. The summed E-state index contributed by atoms with van der Waals surface area (Å²) >= 11 is 0. The van der Waals surface area contributed by atoms with Crippen molar-refractivity contribution in [2.24, 2.45) is 0 Å². The van der Waals surface area contributed by atoms with Crippen LogP contribution in [0.1, 0.15) is 26.3 Å². The van der Waals surface area contributed by atoms with Gasteiger partial charge in [0, 0.05) is 25.2 Å². The van der Waals surface area contributed by atoms with E-state index in [1.807, 2.05) is 25.1 Å². The Labute approximate surface area is 121 Å². The van der Waals surface area contributed by atoms with Crippen LogP contribution in [0.15, 0.2) is 24.3 Å². The van der Waals surface area contributed by atoms with E-state index in [2.05, 4.69) is 24.8 Å². The zero-order valence-electron chi connectivity index (χ0n) is 12.6. The van der Waals surface area contributed by atoms with E-state index in [9.17, 15) is 5.11 Å². The molecule has 0 radical (unpaired) electrons. The van der Waals surface area contributed by atoms with Gasteiger partial charge < -0.3 is 14.6 Å². The summed E-state index contributed by atoms with van der Waals surface area (Å²) in [7, 11) is 0. The summed E-state index contributed by atoms with van der Waals surface area (Å²) in [5, 5.41) is 9.37. The van der Waals surface area contributed by atoms with Crippen LogP contribution in [0.3, 0.4) is 0 Å². The smallest absolute Gasteiger partial charge is 0.123 e. The number of rotatable bonds is 5. The molecule has 1 aliphatic heterocycles. The summed E-state index contributed by atoms with van der Waals surface area (Å²) in [6.07, 6.45) is -0.113. The molecule has 1 aliphatic rings. The maximum Gasteiger partial charge on any atom is 0.123 e. The number of aliphatic hydroxyl groups is 1. The second-order valence-corrected chi connectivity index (χ2v) is 5.89. The van der Waals surface area contributed by atoms with Gasteiger partial charge in [0.25, 0.3) is 0 Å². The minimum absolute atomic E-state index is 0.0625. The van der Waals surface area contributed by atoms with E-state index in [1.54, 1.807) is 0 Å². The lowest BCUT2D eigenvalue weighted by molar-refractivity contribution is -0.150. The molecular weight excluding hydrogens is 254 g/mol. The third-order valence-corrected chi connectivity index (χ3v) is 3.42. The number of ether oxygens (including phenoxy) is 2. The summed E-state index contributed by atoms with van der Waals surface area (Å²) in [6.45, 7) is 9.28. The topological polar surface area (TPSA) is 41.9 Å². The largest absolute Gasteiger partial charge is 0.494 e. The second-order valence-electron chi connectivity index (χ2n) is 5.89. The van der Waals surface area contributed by atoms with Crippen molar-refractivity contribution in [2.45, 2.75) is 39.0 Å². The lowest BCUT2D eigenvalue weighted by atomic mass is 10.0. The van der Waals surface area contributed by atoms with E-state index in [0.717, 1.165) is 25.4 Å². The highest BCUT2D eigenvalue weighted by atomic mass is 16.5. The van der Waals surface area contributed by atoms with E-state index in [4.69, 9.17) is 9.47 Å². The Morgan fingerprint density at radius 1 is 1.40 bits per heavy atom. The molecule has 0 spiro atoms. The van der Waals surface area contributed by atoms with Crippen molar-refractivity contribution in [1.82, 2.24) is 4.90 Å². The summed E-state index contributed by atoms with van der Waals surface area (Å²) in [4.78, 5) is 2.32. The Kier molecular flexibility index (Phi) is 5.02. The Bertz CT molecular complexity index is 433. The van der Waals surface area contributed by atoms with Crippen molar-refractivity contribution in [3.8, 4) is 5.75 Å². The SMILES string of the molecule is CCOc1ccccc1CN1CC(CO)OC(C)(C)C1. The second kappa shape index (κ2) is 6.57. The van der Waals surface area contributed by atoms with Gasteiger partial charge in [-0.2, -0.15) is 0 Å². The molecule has 1 N–H and O–H groups in total. The van der Waals surface area contributed by atoms with Gasteiger partial charge in [0.05, 0.1) is 24.9 Å². The number of hydrogen-bond acceptors (Lipinski definition) is 4. The molecule has 112 valence electrons. The third kappa shape index (κ3) is 3.95. The first kappa shape index (κ1) is 15.3. The van der Waals surface area contributed by atoms with Crippen LogP contribution in [-0.4, -0.2) is 48.0 Å². The van der Waals surface area contributed by atoms with Crippen molar-refractivity contribution in [3.63, 3.8) is 0 Å². The van der Waals surface area contributed by atoms with Gasteiger partial charge >= 0.3 is 0 Å². The molecule has 0 aliphatic carbocycles. The normalized spacial score (nSPS) is 22.7. The van der Waals surface area contributed by atoms with Gasteiger partial charge in [0.1, 0.15) is 5.75 Å². The first-order valence-electron chi connectivity index (χ1n) is 7.26. The molecule has 1 heterocycles. The minimum atomic E-state index is -0.230. The van der Waals surface area contributed by atoms with Gasteiger partial charge in [0.15, 0.2) is 0 Å². The quantitative estimate of drug-likeness (QED) is 0.896. The monoisotopic (exact) mass is 279 g/mol. The molecule has 4 nitrogen and oxygen atoms in total. The number of nitrogens with zero attached hydrogens (tertiary/aromatic N) is 1. The van der Waals surface area contributed by atoms with Crippen LogP contribution in [0, 0.1) is 0 Å². The molecule has 1 aromatic carbocycles. The summed E-state index contributed by atoms with van der Waals surface area (Å²) in [6, 6.07) is 8.14. The molecule has 0 saturated carbocycles. The number of para-hydroxylation sites is 1. The molecule has 0 bridgehead atoms. The van der Waals surface area contributed by atoms with Crippen LogP contribution in [0.4, 0.5) is 0 Å². The van der Waals surface area contributed by atoms with Gasteiger partial charge in [0.2, 0.25) is 0 Å². The van der Waals surface area contributed by atoms with Gasteiger partial charge in [-0.25, -0.2) is 0 Å². The van der Waals surface area contributed by atoms with E-state index in [1.165, 1.54) is 5.56 Å². The lowest BCUT2D eigenvalue weighted by Crippen LogP contribution is -2.53. The Hall–Kier alpha value is -1.10. The van der Waals surface area contributed by atoms with E-state index in [-0.39, 0.29) is 18.3 Å². The molecule has 2 rings (SSSR count). The average Bonchev–Trinajstić information content (AvgIpc) is 2.39. The standard InChI is InChI=1S/C16H25NO3/c1-4-19-15-8-6-5-7-13(15)9-17-10-14(11-18)20-16(2,3)12-17/h5-8,14,18H,4,9-12H2,1-3H3. The van der Waals surface area contributed by atoms with Crippen LogP contribution in [0.5, 0.6) is 5.75 Å². The number of morpholine rings is 1. The summed E-state index contributed by atoms with van der Waals surface area (Å²) < 4.78 is 11.5. The molecule has 1 atom stereocenters. The fourth-order valence-corrected chi connectivity index (χ4v) is 2.80. The van der Waals surface area contributed by atoms with Crippen molar-refractivity contribution < 1.29 is 14.6 Å². The first-order chi connectivity index (χ1) is 9.54. The molecule has 0 aromatic heterocycles. The molecule has 20 heavy (non-hydrogen) atoms. The van der Waals surface area contributed by atoms with Gasteiger partial charge in [-0.1, -0.05) is 18.2 Å². The molecular formula is C16H25NO3. The van der Waals surface area contributed by atoms with Crippen molar-refractivity contribution in [3.05, 3.63) is 29.8 Å². The zero-order chi connectivity index (χ0) is 14.6. The molecule has 1 saturated heterocycles. The molecule has 1 aromatic rings. The van der Waals surface area contributed by atoms with Crippen LogP contribution in [0.25, 0.3) is 0 Å². The number of aliphatic hydroxyl groups excluding tert-OH is 1. The first-order valence-corrected chi connectivity index (χ1v) is 7.26. The fourth-order valence-electron chi connectivity index (χ4n) is 2.80. The molecule has 4 heteroatoms. The van der Waals surface area contributed by atoms with Gasteiger partial charge in [-0.3, -0.25) is 4.90 Å². The zero-order valence-corrected chi connectivity index (χ0v) is 12.6. The van der Waals surface area contributed by atoms with Crippen molar-refractivity contribution >= 4 is 0 Å².